The van der Waals surface area contributed by atoms with Gasteiger partial charge < -0.3 is 14.8 Å². The number of nitrogens with zero attached hydrogens (tertiary/aromatic N) is 3. The number of hydrogen-bond donors (Lipinski definition) is 1. The van der Waals surface area contributed by atoms with E-state index in [1.807, 2.05) is 17.7 Å². The molecule has 6 heteroatoms. The molecule has 1 unspecified atom stereocenters. The lowest BCUT2D eigenvalue weighted by atomic mass is 10.3. The van der Waals surface area contributed by atoms with E-state index in [9.17, 15) is 9.59 Å². The predicted octanol–water partition coefficient (Wildman–Crippen LogP) is 0.0322. The van der Waals surface area contributed by atoms with E-state index >= 15 is 0 Å². The van der Waals surface area contributed by atoms with E-state index < -0.39 is 0 Å². The Morgan fingerprint density at radius 2 is 2.33 bits per heavy atom. The Morgan fingerprint density at radius 3 is 2.89 bits per heavy atom. The minimum atomic E-state index is -0.271. The van der Waals surface area contributed by atoms with E-state index in [2.05, 4.69) is 16.9 Å². The normalized spacial score (nSPS) is 11.7. The molecule has 0 spiro atoms. The Bertz CT molecular complexity index is 414. The molecule has 0 aliphatic heterocycles. The first-order chi connectivity index (χ1) is 8.52. The number of imidazole rings is 1. The first-order valence-electron chi connectivity index (χ1n) is 5.65. The van der Waals surface area contributed by atoms with E-state index in [0.717, 1.165) is 0 Å². The summed E-state index contributed by atoms with van der Waals surface area (Å²) in [5.41, 5.74) is 0. The van der Waals surface area contributed by atoms with Gasteiger partial charge >= 0.3 is 0 Å². The fourth-order valence-corrected chi connectivity index (χ4v) is 1.53. The molecule has 0 saturated carbocycles. The maximum atomic E-state index is 11.6. The molecule has 0 saturated heterocycles. The lowest BCUT2D eigenvalue weighted by molar-refractivity contribution is -0.131. The molecular weight excluding hydrogens is 232 g/mol. The van der Waals surface area contributed by atoms with Crippen molar-refractivity contribution in [2.45, 2.75) is 19.5 Å². The third kappa shape index (κ3) is 4.40. The van der Waals surface area contributed by atoms with E-state index in [1.165, 1.54) is 11.0 Å². The van der Waals surface area contributed by atoms with Gasteiger partial charge in [-0.3, -0.25) is 9.59 Å². The third-order valence-electron chi connectivity index (χ3n) is 2.38. The van der Waals surface area contributed by atoms with Crippen molar-refractivity contribution in [1.29, 1.82) is 0 Å². The summed E-state index contributed by atoms with van der Waals surface area (Å²) in [6.07, 6.45) is 6.39. The monoisotopic (exact) mass is 250 g/mol. The smallest absolute Gasteiger partial charge is 0.246 e. The molecule has 0 aliphatic rings. The molecule has 2 amide bonds. The average molecular weight is 250 g/mol. The number of carbonyl (C=O) groups excluding carboxylic acids is 2. The van der Waals surface area contributed by atoms with Crippen LogP contribution in [0, 0.1) is 0 Å². The van der Waals surface area contributed by atoms with Crippen LogP contribution in [0.3, 0.4) is 0 Å². The number of amides is 2. The highest BCUT2D eigenvalue weighted by molar-refractivity contribution is 5.90. The second kappa shape index (κ2) is 6.58. The molecule has 0 aromatic carbocycles. The molecule has 0 fully saturated rings. The largest absolute Gasteiger partial charge is 0.350 e. The van der Waals surface area contributed by atoms with E-state index in [1.54, 1.807) is 19.6 Å². The standard InChI is InChI=1S/C12H18N4O2/c1-4-12(18)15(3)8-11(17)14-10(2)7-16-6-5-13-9-16/h4-6,9-10H,1,7-8H2,2-3H3,(H,14,17). The zero-order valence-corrected chi connectivity index (χ0v) is 10.7. The summed E-state index contributed by atoms with van der Waals surface area (Å²) in [6, 6.07) is -0.0288. The van der Waals surface area contributed by atoms with E-state index in [4.69, 9.17) is 0 Å². The molecule has 0 aliphatic carbocycles. The van der Waals surface area contributed by atoms with Gasteiger partial charge in [0.1, 0.15) is 0 Å². The molecule has 0 bridgehead atoms. The molecule has 1 aromatic rings. The van der Waals surface area contributed by atoms with Gasteiger partial charge in [-0.2, -0.15) is 0 Å². The highest BCUT2D eigenvalue weighted by Gasteiger charge is 2.12. The van der Waals surface area contributed by atoms with Crippen LogP contribution in [-0.4, -0.2) is 45.9 Å². The van der Waals surface area contributed by atoms with Crippen molar-refractivity contribution in [3.05, 3.63) is 31.4 Å². The SMILES string of the molecule is C=CC(=O)N(C)CC(=O)NC(C)Cn1ccnc1. The van der Waals surface area contributed by atoms with E-state index in [0.29, 0.717) is 6.54 Å². The first-order valence-corrected chi connectivity index (χ1v) is 5.65. The topological polar surface area (TPSA) is 67.2 Å². The highest BCUT2D eigenvalue weighted by atomic mass is 16.2. The fourth-order valence-electron chi connectivity index (χ4n) is 1.53. The van der Waals surface area contributed by atoms with Gasteiger partial charge in [0.25, 0.3) is 0 Å². The van der Waals surface area contributed by atoms with Gasteiger partial charge in [0.15, 0.2) is 0 Å². The van der Waals surface area contributed by atoms with Crippen molar-refractivity contribution >= 4 is 11.8 Å². The number of hydrogen-bond acceptors (Lipinski definition) is 3. The molecule has 1 N–H and O–H groups in total. The number of rotatable bonds is 6. The summed E-state index contributed by atoms with van der Waals surface area (Å²) >= 11 is 0. The van der Waals surface area contributed by atoms with Crippen LogP contribution in [0.5, 0.6) is 0 Å². The van der Waals surface area contributed by atoms with Gasteiger partial charge in [-0.1, -0.05) is 6.58 Å². The molecule has 1 atom stereocenters. The van der Waals surface area contributed by atoms with Gasteiger partial charge in [0.05, 0.1) is 12.9 Å². The van der Waals surface area contributed by atoms with Gasteiger partial charge in [-0.15, -0.1) is 0 Å². The zero-order valence-electron chi connectivity index (χ0n) is 10.7. The second-order valence-electron chi connectivity index (χ2n) is 4.13. The molecule has 6 nitrogen and oxygen atoms in total. The molecule has 1 rings (SSSR count). The van der Waals surface area contributed by atoms with Gasteiger partial charge in [-0.05, 0) is 13.0 Å². The van der Waals surface area contributed by atoms with Crippen LogP contribution in [0.1, 0.15) is 6.92 Å². The van der Waals surface area contributed by atoms with Crippen LogP contribution < -0.4 is 5.32 Å². The molecular formula is C12H18N4O2. The predicted molar refractivity (Wildman–Crippen MR) is 67.7 cm³/mol. The number of aromatic nitrogens is 2. The maximum absolute atomic E-state index is 11.6. The maximum Gasteiger partial charge on any atom is 0.246 e. The molecule has 18 heavy (non-hydrogen) atoms. The number of nitrogens with one attached hydrogen (secondary N) is 1. The van der Waals surface area contributed by atoms with Crippen molar-refractivity contribution in [3.8, 4) is 0 Å². The van der Waals surface area contributed by atoms with Crippen molar-refractivity contribution in [2.75, 3.05) is 13.6 Å². The van der Waals surface area contributed by atoms with Gasteiger partial charge in [0.2, 0.25) is 11.8 Å². The first kappa shape index (κ1) is 14.0. The second-order valence-corrected chi connectivity index (χ2v) is 4.13. The Hall–Kier alpha value is -2.11. The van der Waals surface area contributed by atoms with Gasteiger partial charge in [0, 0.05) is 32.0 Å². The summed E-state index contributed by atoms with van der Waals surface area (Å²) in [7, 11) is 1.56. The quantitative estimate of drug-likeness (QED) is 0.724. The molecule has 1 aromatic heterocycles. The average Bonchev–Trinajstić information content (AvgIpc) is 2.79. The van der Waals surface area contributed by atoms with Crippen molar-refractivity contribution in [3.63, 3.8) is 0 Å². The van der Waals surface area contributed by atoms with Crippen LogP contribution in [0.4, 0.5) is 0 Å². The summed E-state index contributed by atoms with van der Waals surface area (Å²) in [5.74, 6) is -0.465. The summed E-state index contributed by atoms with van der Waals surface area (Å²) in [4.78, 5) is 28.1. The van der Waals surface area contributed by atoms with Crippen molar-refractivity contribution in [2.24, 2.45) is 0 Å². The lowest BCUT2D eigenvalue weighted by Crippen LogP contribution is -2.42. The van der Waals surface area contributed by atoms with Gasteiger partial charge in [-0.25, -0.2) is 4.98 Å². The third-order valence-corrected chi connectivity index (χ3v) is 2.38. The van der Waals surface area contributed by atoms with Crippen LogP contribution >= 0.6 is 0 Å². The highest BCUT2D eigenvalue weighted by Crippen LogP contribution is 1.92. The summed E-state index contributed by atoms with van der Waals surface area (Å²) < 4.78 is 1.88. The van der Waals surface area contributed by atoms with E-state index in [-0.39, 0.29) is 24.4 Å². The van der Waals surface area contributed by atoms with Crippen molar-refractivity contribution < 1.29 is 9.59 Å². The fraction of sp³-hybridized carbons (Fsp3) is 0.417. The minimum Gasteiger partial charge on any atom is -0.350 e. The lowest BCUT2D eigenvalue weighted by Gasteiger charge is -2.18. The minimum absolute atomic E-state index is 0.0269. The summed E-state index contributed by atoms with van der Waals surface area (Å²) in [6.45, 7) is 5.93. The van der Waals surface area contributed by atoms with Crippen molar-refractivity contribution in [1.82, 2.24) is 19.8 Å². The van der Waals surface area contributed by atoms with Crippen LogP contribution in [0.2, 0.25) is 0 Å². The number of likely N-dealkylation sites (N-methyl/N-ethyl adjacent to an activating group) is 1. The number of carbonyl (C=O) groups is 2. The van der Waals surface area contributed by atoms with Crippen LogP contribution in [-0.2, 0) is 16.1 Å². The molecule has 1 heterocycles. The Kier molecular flexibility index (Phi) is 5.10. The Balaban J connectivity index is 2.35. The molecule has 0 radical (unpaired) electrons. The Morgan fingerprint density at radius 1 is 1.61 bits per heavy atom. The van der Waals surface area contributed by atoms with Crippen LogP contribution in [0.25, 0.3) is 0 Å². The molecule has 98 valence electrons. The summed E-state index contributed by atoms with van der Waals surface area (Å²) in [5, 5.41) is 2.81. The van der Waals surface area contributed by atoms with Crippen LogP contribution in [0.15, 0.2) is 31.4 Å². The Labute approximate surface area is 106 Å². The zero-order chi connectivity index (χ0) is 13.5.